The lowest BCUT2D eigenvalue weighted by atomic mass is 9.45. The molecule has 4 fully saturated rings. The van der Waals surface area contributed by atoms with E-state index in [0.717, 1.165) is 12.3 Å². The summed E-state index contributed by atoms with van der Waals surface area (Å²) in [6.45, 7) is 4.65. The summed E-state index contributed by atoms with van der Waals surface area (Å²) >= 11 is 0. The highest BCUT2D eigenvalue weighted by Crippen LogP contribution is 2.65. The van der Waals surface area contributed by atoms with Crippen molar-refractivity contribution < 1.29 is 9.59 Å². The number of carbonyl (C=O) groups is 2. The van der Waals surface area contributed by atoms with Crippen LogP contribution in [-0.4, -0.2) is 11.6 Å². The molecule has 116 valence electrons. The second-order valence-electron chi connectivity index (χ2n) is 8.81. The fourth-order valence-electron chi connectivity index (χ4n) is 6.94. The van der Waals surface area contributed by atoms with Crippen LogP contribution in [0.15, 0.2) is 0 Å². The summed E-state index contributed by atoms with van der Waals surface area (Å²) in [6, 6.07) is 0. The molecule has 2 nitrogen and oxygen atoms in total. The Labute approximate surface area is 128 Å². The van der Waals surface area contributed by atoms with Crippen LogP contribution in [0.5, 0.6) is 0 Å². The van der Waals surface area contributed by atoms with Gasteiger partial charge in [0, 0.05) is 11.8 Å². The molecule has 4 saturated carbocycles. The molecule has 0 aromatic rings. The van der Waals surface area contributed by atoms with Crippen LogP contribution in [0.25, 0.3) is 0 Å². The van der Waals surface area contributed by atoms with Gasteiger partial charge in [-0.05, 0) is 74.0 Å². The third kappa shape index (κ3) is 1.71. The van der Waals surface area contributed by atoms with Crippen molar-refractivity contribution in [2.24, 2.45) is 34.5 Å². The van der Waals surface area contributed by atoms with Crippen molar-refractivity contribution in [3.8, 4) is 0 Å². The first-order valence-corrected chi connectivity index (χ1v) is 9.04. The van der Waals surface area contributed by atoms with Crippen molar-refractivity contribution in [2.75, 3.05) is 0 Å². The van der Waals surface area contributed by atoms with Crippen LogP contribution in [0.1, 0.15) is 71.6 Å². The normalized spacial score (nSPS) is 53.0. The first-order valence-electron chi connectivity index (χ1n) is 9.04. The fraction of sp³-hybridized carbons (Fsp3) is 0.895. The van der Waals surface area contributed by atoms with Crippen molar-refractivity contribution in [1.82, 2.24) is 0 Å². The Balaban J connectivity index is 1.71. The van der Waals surface area contributed by atoms with E-state index in [0.29, 0.717) is 29.6 Å². The smallest absolute Gasteiger partial charge is 0.204 e. The van der Waals surface area contributed by atoms with Gasteiger partial charge in [0.05, 0.1) is 0 Å². The molecule has 0 aromatic heterocycles. The lowest BCUT2D eigenvalue weighted by Gasteiger charge is -2.58. The van der Waals surface area contributed by atoms with Crippen LogP contribution in [0.4, 0.5) is 0 Å². The molecule has 4 rings (SSSR count). The third-order valence-electron chi connectivity index (χ3n) is 8.15. The number of hydrogen-bond acceptors (Lipinski definition) is 2. The maximum atomic E-state index is 12.8. The van der Waals surface area contributed by atoms with Crippen LogP contribution in [0, 0.1) is 34.5 Å². The molecule has 4 aliphatic rings. The molecule has 0 aliphatic heterocycles. The summed E-state index contributed by atoms with van der Waals surface area (Å²) < 4.78 is 0. The highest BCUT2D eigenvalue weighted by atomic mass is 16.2. The summed E-state index contributed by atoms with van der Waals surface area (Å²) in [5.41, 5.74) is 0.217. The summed E-state index contributed by atoms with van der Waals surface area (Å²) in [4.78, 5) is 24.8. The van der Waals surface area contributed by atoms with Gasteiger partial charge >= 0.3 is 0 Å². The van der Waals surface area contributed by atoms with E-state index in [4.69, 9.17) is 0 Å². The van der Waals surface area contributed by atoms with E-state index < -0.39 is 0 Å². The predicted molar refractivity (Wildman–Crippen MR) is 81.7 cm³/mol. The molecule has 0 saturated heterocycles. The quantitative estimate of drug-likeness (QED) is 0.627. The number of rotatable bonds is 0. The second kappa shape index (κ2) is 4.43. The average Bonchev–Trinajstić information content (AvgIpc) is 2.86. The molecule has 0 N–H and O–H groups in total. The summed E-state index contributed by atoms with van der Waals surface area (Å²) in [6.07, 6.45) is 10.6. The standard InChI is InChI=1S/C19H28O2/c1-18-10-3-4-14(18)13-7-5-12-6-8-16(20)17(21)19(12,2)15(13)9-11-18/h12-15H,3-11H2,1-2H3/t12-,13+,14+,15+,18+,19+/m1/s1. The Kier molecular flexibility index (Phi) is 2.94. The molecule has 4 aliphatic carbocycles. The maximum absolute atomic E-state index is 12.8. The van der Waals surface area contributed by atoms with Crippen LogP contribution in [0.2, 0.25) is 0 Å². The Morgan fingerprint density at radius 2 is 1.71 bits per heavy atom. The Morgan fingerprint density at radius 1 is 0.905 bits per heavy atom. The molecule has 0 amide bonds. The minimum Gasteiger partial charge on any atom is -0.291 e. The molecule has 0 aromatic carbocycles. The molecule has 0 spiro atoms. The van der Waals surface area contributed by atoms with Gasteiger partial charge in [-0.15, -0.1) is 0 Å². The molecule has 0 radical (unpaired) electrons. The topological polar surface area (TPSA) is 34.1 Å². The van der Waals surface area contributed by atoms with Gasteiger partial charge in [0.1, 0.15) is 0 Å². The van der Waals surface area contributed by atoms with E-state index in [1.165, 1.54) is 44.9 Å². The van der Waals surface area contributed by atoms with Gasteiger partial charge in [-0.1, -0.05) is 20.3 Å². The molecular weight excluding hydrogens is 260 g/mol. The molecule has 6 atom stereocenters. The van der Waals surface area contributed by atoms with E-state index in [-0.39, 0.29) is 17.0 Å². The Hall–Kier alpha value is -0.660. The van der Waals surface area contributed by atoms with Crippen LogP contribution in [-0.2, 0) is 9.59 Å². The van der Waals surface area contributed by atoms with Gasteiger partial charge in [0.2, 0.25) is 5.78 Å². The fourth-order valence-corrected chi connectivity index (χ4v) is 6.94. The minimum atomic E-state index is -0.317. The van der Waals surface area contributed by atoms with Gasteiger partial charge in [-0.25, -0.2) is 0 Å². The SMILES string of the molecule is C[C@@]12CCC[C@H]1[C@@H]1CC[C@@H]3CCC(=O)C(=O)[C@]3(C)[C@H]1CC2. The molecule has 0 heterocycles. The molecule has 2 heteroatoms. The van der Waals surface area contributed by atoms with E-state index in [9.17, 15) is 9.59 Å². The highest BCUT2D eigenvalue weighted by molar-refractivity contribution is 6.39. The zero-order valence-electron chi connectivity index (χ0n) is 13.5. The largest absolute Gasteiger partial charge is 0.291 e. The van der Waals surface area contributed by atoms with Gasteiger partial charge in [0.25, 0.3) is 0 Å². The van der Waals surface area contributed by atoms with Crippen LogP contribution in [0.3, 0.4) is 0 Å². The number of ketones is 2. The van der Waals surface area contributed by atoms with Crippen molar-refractivity contribution in [1.29, 1.82) is 0 Å². The van der Waals surface area contributed by atoms with E-state index >= 15 is 0 Å². The third-order valence-corrected chi connectivity index (χ3v) is 8.15. The van der Waals surface area contributed by atoms with E-state index in [1.54, 1.807) is 0 Å². The van der Waals surface area contributed by atoms with Gasteiger partial charge < -0.3 is 0 Å². The minimum absolute atomic E-state index is 0.00458. The molecule has 21 heavy (non-hydrogen) atoms. The predicted octanol–water partition coefficient (Wildman–Crippen LogP) is 4.17. The molecule has 0 bridgehead atoms. The highest BCUT2D eigenvalue weighted by Gasteiger charge is 2.61. The van der Waals surface area contributed by atoms with Crippen molar-refractivity contribution >= 4 is 11.6 Å². The average molecular weight is 288 g/mol. The van der Waals surface area contributed by atoms with Crippen molar-refractivity contribution in [2.45, 2.75) is 71.6 Å². The van der Waals surface area contributed by atoms with Crippen molar-refractivity contribution in [3.05, 3.63) is 0 Å². The lowest BCUT2D eigenvalue weighted by molar-refractivity contribution is -0.162. The van der Waals surface area contributed by atoms with Gasteiger partial charge in [-0.2, -0.15) is 0 Å². The number of hydrogen-bond donors (Lipinski definition) is 0. The monoisotopic (exact) mass is 288 g/mol. The number of fused-ring (bicyclic) bond motifs is 5. The Bertz CT molecular complexity index is 496. The second-order valence-corrected chi connectivity index (χ2v) is 8.81. The van der Waals surface area contributed by atoms with Gasteiger partial charge in [0.15, 0.2) is 5.78 Å². The summed E-state index contributed by atoms with van der Waals surface area (Å²) in [7, 11) is 0. The van der Waals surface area contributed by atoms with Gasteiger partial charge in [-0.3, -0.25) is 9.59 Å². The summed E-state index contributed by atoms with van der Waals surface area (Å²) in [5.74, 6) is 2.42. The van der Waals surface area contributed by atoms with Crippen molar-refractivity contribution in [3.63, 3.8) is 0 Å². The first-order chi connectivity index (χ1) is 9.97. The van der Waals surface area contributed by atoms with Crippen LogP contribution < -0.4 is 0 Å². The molecular formula is C19H28O2. The Morgan fingerprint density at radius 3 is 2.52 bits per heavy atom. The van der Waals surface area contributed by atoms with E-state index in [2.05, 4.69) is 13.8 Å². The first kappa shape index (κ1) is 14.0. The zero-order valence-corrected chi connectivity index (χ0v) is 13.5. The lowest BCUT2D eigenvalue weighted by Crippen LogP contribution is -2.57. The van der Waals surface area contributed by atoms with E-state index in [1.807, 2.05) is 0 Å². The molecule has 0 unspecified atom stereocenters. The zero-order chi connectivity index (χ0) is 14.8. The number of carbonyl (C=O) groups excluding carboxylic acids is 2. The maximum Gasteiger partial charge on any atom is 0.204 e. The van der Waals surface area contributed by atoms with Crippen LogP contribution >= 0.6 is 0 Å². The number of Topliss-reactive ketones (excluding diaryl/α,β-unsaturated/α-hetero) is 2. The summed E-state index contributed by atoms with van der Waals surface area (Å²) in [5, 5.41) is 0.